The van der Waals surface area contributed by atoms with Crippen LogP contribution in [-0.4, -0.2) is 23.7 Å². The van der Waals surface area contributed by atoms with Crippen LogP contribution < -0.4 is 5.73 Å². The molecular weight excluding hydrogens is 254 g/mol. The van der Waals surface area contributed by atoms with E-state index in [2.05, 4.69) is 0 Å². The Morgan fingerprint density at radius 1 is 1.35 bits per heavy atom. The minimum absolute atomic E-state index is 0.285. The van der Waals surface area contributed by atoms with Crippen LogP contribution in [0.1, 0.15) is 47.2 Å². The predicted octanol–water partition coefficient (Wildman–Crippen LogP) is 2.16. The van der Waals surface area contributed by atoms with Gasteiger partial charge in [-0.05, 0) is 61.8 Å². The molecule has 1 amide bonds. The molecule has 0 bridgehead atoms. The van der Waals surface area contributed by atoms with Gasteiger partial charge in [0.2, 0.25) is 5.91 Å². The Hall–Kier alpha value is -1.39. The number of amides is 1. The molecule has 0 aromatic heterocycles. The molecule has 1 aromatic rings. The largest absolute Gasteiger partial charge is 0.396 e. The molecule has 0 saturated heterocycles. The summed E-state index contributed by atoms with van der Waals surface area (Å²) in [5.41, 5.74) is 7.93. The fourth-order valence-corrected chi connectivity index (χ4v) is 2.70. The Morgan fingerprint density at radius 2 is 2.05 bits per heavy atom. The maximum absolute atomic E-state index is 11.1. The number of ether oxygens (including phenoxy) is 1. The van der Waals surface area contributed by atoms with E-state index in [-0.39, 0.29) is 6.10 Å². The van der Waals surface area contributed by atoms with Crippen LogP contribution in [0.4, 0.5) is 0 Å². The summed E-state index contributed by atoms with van der Waals surface area (Å²) in [7, 11) is 0. The van der Waals surface area contributed by atoms with Gasteiger partial charge in [-0.15, -0.1) is 0 Å². The van der Waals surface area contributed by atoms with E-state index < -0.39 is 5.91 Å². The number of nitrogens with two attached hydrogens (primary N) is 1. The van der Waals surface area contributed by atoms with E-state index >= 15 is 0 Å². The van der Waals surface area contributed by atoms with Crippen LogP contribution >= 0.6 is 0 Å². The van der Waals surface area contributed by atoms with Gasteiger partial charge in [0, 0.05) is 12.2 Å². The molecule has 1 fully saturated rings. The second-order valence-electron chi connectivity index (χ2n) is 5.64. The molecule has 3 N–H and O–H groups in total. The highest BCUT2D eigenvalue weighted by molar-refractivity contribution is 5.93. The van der Waals surface area contributed by atoms with Crippen LogP contribution in [0, 0.1) is 12.8 Å². The van der Waals surface area contributed by atoms with Gasteiger partial charge in [-0.3, -0.25) is 4.79 Å². The van der Waals surface area contributed by atoms with Crippen molar-refractivity contribution in [1.29, 1.82) is 0 Å². The first-order chi connectivity index (χ1) is 9.60. The smallest absolute Gasteiger partial charge is 0.248 e. The Kier molecular flexibility index (Phi) is 5.15. The number of carbonyl (C=O) groups is 1. The lowest BCUT2D eigenvalue weighted by Gasteiger charge is -2.27. The van der Waals surface area contributed by atoms with Gasteiger partial charge < -0.3 is 15.6 Å². The molecule has 2 rings (SSSR count). The number of primary amides is 1. The maximum atomic E-state index is 11.1. The summed E-state index contributed by atoms with van der Waals surface area (Å²) in [4.78, 5) is 11.1. The Bertz CT molecular complexity index is 465. The third-order valence-electron chi connectivity index (χ3n) is 4.15. The van der Waals surface area contributed by atoms with Gasteiger partial charge in [-0.2, -0.15) is 0 Å². The number of rotatable bonds is 5. The monoisotopic (exact) mass is 277 g/mol. The van der Waals surface area contributed by atoms with E-state index in [1.807, 2.05) is 19.1 Å². The number of aryl methyl sites for hydroxylation is 1. The van der Waals surface area contributed by atoms with Crippen molar-refractivity contribution in [3.05, 3.63) is 34.9 Å². The van der Waals surface area contributed by atoms with Gasteiger partial charge in [-0.25, -0.2) is 0 Å². The summed E-state index contributed by atoms with van der Waals surface area (Å²) < 4.78 is 5.95. The average Bonchev–Trinajstić information content (AvgIpc) is 2.46. The van der Waals surface area contributed by atoms with Crippen LogP contribution in [0.15, 0.2) is 18.2 Å². The van der Waals surface area contributed by atoms with Gasteiger partial charge in [0.15, 0.2) is 0 Å². The maximum Gasteiger partial charge on any atom is 0.248 e. The molecule has 4 heteroatoms. The molecule has 1 saturated carbocycles. The second-order valence-corrected chi connectivity index (χ2v) is 5.64. The minimum atomic E-state index is -0.400. The molecule has 110 valence electrons. The lowest BCUT2D eigenvalue weighted by Crippen LogP contribution is -2.23. The zero-order chi connectivity index (χ0) is 14.5. The predicted molar refractivity (Wildman–Crippen MR) is 77.3 cm³/mol. The summed E-state index contributed by atoms with van der Waals surface area (Å²) in [6.45, 7) is 2.83. The summed E-state index contributed by atoms with van der Waals surface area (Å²) in [6.07, 6.45) is 4.41. The molecular formula is C16H23NO3. The van der Waals surface area contributed by atoms with Crippen LogP contribution in [0.5, 0.6) is 0 Å². The molecule has 0 unspecified atom stereocenters. The van der Waals surface area contributed by atoms with Crippen LogP contribution in [0.25, 0.3) is 0 Å². The molecule has 1 aliphatic carbocycles. The Morgan fingerprint density at radius 3 is 2.60 bits per heavy atom. The number of benzene rings is 1. The highest BCUT2D eigenvalue weighted by atomic mass is 16.5. The molecule has 20 heavy (non-hydrogen) atoms. The van der Waals surface area contributed by atoms with Crippen molar-refractivity contribution in [3.8, 4) is 0 Å². The summed E-state index contributed by atoms with van der Waals surface area (Å²) in [5.74, 6) is 0.0503. The highest BCUT2D eigenvalue weighted by Gasteiger charge is 2.21. The topological polar surface area (TPSA) is 72.6 Å². The Labute approximate surface area is 119 Å². The van der Waals surface area contributed by atoms with Crippen molar-refractivity contribution in [2.75, 3.05) is 6.61 Å². The molecule has 4 nitrogen and oxygen atoms in total. The number of aliphatic hydroxyl groups excluding tert-OH is 1. The normalized spacial score (nSPS) is 22.7. The van der Waals surface area contributed by atoms with Gasteiger partial charge >= 0.3 is 0 Å². The van der Waals surface area contributed by atoms with Gasteiger partial charge in [0.1, 0.15) is 0 Å². The van der Waals surface area contributed by atoms with E-state index in [9.17, 15) is 4.79 Å². The first kappa shape index (κ1) is 15.0. The number of aliphatic hydroxyl groups is 1. The van der Waals surface area contributed by atoms with Gasteiger partial charge in [0.05, 0.1) is 12.7 Å². The van der Waals surface area contributed by atoms with Crippen molar-refractivity contribution in [2.45, 2.75) is 45.3 Å². The molecule has 0 spiro atoms. The first-order valence-corrected chi connectivity index (χ1v) is 7.22. The summed E-state index contributed by atoms with van der Waals surface area (Å²) in [6, 6.07) is 5.47. The quantitative estimate of drug-likeness (QED) is 0.866. The molecule has 1 aromatic carbocycles. The van der Waals surface area contributed by atoms with E-state index in [4.69, 9.17) is 15.6 Å². The van der Waals surface area contributed by atoms with Crippen molar-refractivity contribution < 1.29 is 14.6 Å². The number of hydrogen-bond acceptors (Lipinski definition) is 3. The van der Waals surface area contributed by atoms with Crippen molar-refractivity contribution in [3.63, 3.8) is 0 Å². The third kappa shape index (κ3) is 3.81. The number of carbonyl (C=O) groups excluding carboxylic acids is 1. The van der Waals surface area contributed by atoms with Gasteiger partial charge in [-0.1, -0.05) is 6.07 Å². The fourth-order valence-electron chi connectivity index (χ4n) is 2.70. The standard InChI is InChI=1S/C16H23NO3/c1-11-8-13(16(17)19)4-5-14(11)10-20-15-6-2-12(9-18)3-7-15/h4-5,8,12,15,18H,2-3,6-7,9-10H2,1H3,(H2,17,19). The van der Waals surface area contributed by atoms with Crippen LogP contribution in [0.2, 0.25) is 0 Å². The van der Waals surface area contributed by atoms with Crippen LogP contribution in [-0.2, 0) is 11.3 Å². The van der Waals surface area contributed by atoms with Crippen molar-refractivity contribution in [1.82, 2.24) is 0 Å². The lowest BCUT2D eigenvalue weighted by atomic mass is 9.88. The van der Waals surface area contributed by atoms with E-state index in [1.54, 1.807) is 6.07 Å². The third-order valence-corrected chi connectivity index (χ3v) is 4.15. The molecule has 0 atom stereocenters. The Balaban J connectivity index is 1.87. The molecule has 0 radical (unpaired) electrons. The highest BCUT2D eigenvalue weighted by Crippen LogP contribution is 2.26. The van der Waals surface area contributed by atoms with Crippen LogP contribution in [0.3, 0.4) is 0 Å². The first-order valence-electron chi connectivity index (χ1n) is 7.22. The lowest BCUT2D eigenvalue weighted by molar-refractivity contribution is 0.00101. The van der Waals surface area contributed by atoms with E-state index in [1.165, 1.54) is 0 Å². The van der Waals surface area contributed by atoms with E-state index in [0.717, 1.165) is 36.8 Å². The average molecular weight is 277 g/mol. The van der Waals surface area contributed by atoms with Gasteiger partial charge in [0.25, 0.3) is 0 Å². The second kappa shape index (κ2) is 6.86. The molecule has 1 aliphatic rings. The summed E-state index contributed by atoms with van der Waals surface area (Å²) >= 11 is 0. The van der Waals surface area contributed by atoms with E-state index in [0.29, 0.717) is 24.7 Å². The fraction of sp³-hybridized carbons (Fsp3) is 0.562. The SMILES string of the molecule is Cc1cc(C(N)=O)ccc1COC1CCC(CO)CC1. The molecule has 0 heterocycles. The van der Waals surface area contributed by atoms with Crippen molar-refractivity contribution >= 4 is 5.91 Å². The minimum Gasteiger partial charge on any atom is -0.396 e. The zero-order valence-corrected chi connectivity index (χ0v) is 12.0. The zero-order valence-electron chi connectivity index (χ0n) is 12.0. The summed E-state index contributed by atoms with van der Waals surface area (Å²) in [5, 5.41) is 9.11. The van der Waals surface area contributed by atoms with Crippen molar-refractivity contribution in [2.24, 2.45) is 11.7 Å². The molecule has 0 aliphatic heterocycles. The number of hydrogen-bond donors (Lipinski definition) is 2.